The quantitative estimate of drug-likeness (QED) is 0.219. The fraction of sp³-hybridized carbons (Fsp3) is 0.176. The highest BCUT2D eigenvalue weighted by molar-refractivity contribution is 6.68. The van der Waals surface area contributed by atoms with Gasteiger partial charge in [-0.2, -0.15) is 0 Å². The molecule has 0 aliphatic heterocycles. The number of anilines is 1. The van der Waals surface area contributed by atoms with Crippen molar-refractivity contribution in [2.24, 2.45) is 0 Å². The molecule has 2 amide bonds. The summed E-state index contributed by atoms with van der Waals surface area (Å²) >= 11 is 29.4. The first-order chi connectivity index (χ1) is 13.5. The third kappa shape index (κ3) is 6.90. The summed E-state index contributed by atoms with van der Waals surface area (Å²) in [5, 5.41) is 16.2. The summed E-state index contributed by atoms with van der Waals surface area (Å²) in [5.41, 5.74) is 0.335. The number of carbonyl (C=O) groups is 2. The average molecular weight is 500 g/mol. The van der Waals surface area contributed by atoms with Crippen molar-refractivity contribution in [2.45, 2.75) is 16.3 Å². The third-order valence-corrected chi connectivity index (χ3v) is 5.20. The van der Waals surface area contributed by atoms with Crippen molar-refractivity contribution in [1.82, 2.24) is 5.32 Å². The lowest BCUT2D eigenvalue weighted by Crippen LogP contribution is -2.46. The van der Waals surface area contributed by atoms with Crippen LogP contribution >= 0.6 is 58.0 Å². The maximum Gasteiger partial charge on any atom is 0.319 e. The molecule has 0 unspecified atom stereocenters. The van der Waals surface area contributed by atoms with Gasteiger partial charge in [-0.1, -0.05) is 58.0 Å². The topological polar surface area (TPSA) is 101 Å². The van der Waals surface area contributed by atoms with Crippen LogP contribution in [0.15, 0.2) is 42.5 Å². The fourth-order valence-electron chi connectivity index (χ4n) is 2.22. The van der Waals surface area contributed by atoms with Crippen molar-refractivity contribution in [3.63, 3.8) is 0 Å². The number of alkyl halides is 3. The lowest BCUT2D eigenvalue weighted by Gasteiger charge is -2.25. The zero-order valence-corrected chi connectivity index (χ0v) is 18.1. The zero-order chi connectivity index (χ0) is 21.8. The molecule has 0 saturated carbocycles. The molecule has 0 aromatic heterocycles. The minimum atomic E-state index is -1.99. The van der Waals surface area contributed by atoms with Crippen LogP contribution < -0.4 is 10.6 Å². The van der Waals surface area contributed by atoms with Crippen molar-refractivity contribution in [3.8, 4) is 0 Å². The van der Waals surface area contributed by atoms with E-state index in [9.17, 15) is 19.7 Å². The molecular weight excluding hydrogens is 487 g/mol. The molecule has 2 aromatic rings. The number of rotatable bonds is 6. The van der Waals surface area contributed by atoms with E-state index in [1.807, 2.05) is 0 Å². The number of Topliss-reactive ketones (excluding diaryl/α,β-unsaturated/α-hetero) is 1. The normalized spacial score (nSPS) is 12.2. The van der Waals surface area contributed by atoms with Crippen LogP contribution in [0.25, 0.3) is 0 Å². The predicted octanol–water partition coefficient (Wildman–Crippen LogP) is 6.03. The van der Waals surface area contributed by atoms with Crippen LogP contribution in [0.4, 0.5) is 16.2 Å². The average Bonchev–Trinajstić information content (AvgIpc) is 2.63. The number of halogens is 5. The van der Waals surface area contributed by atoms with Gasteiger partial charge in [-0.15, -0.1) is 0 Å². The molecule has 0 spiro atoms. The van der Waals surface area contributed by atoms with E-state index in [4.69, 9.17) is 58.0 Å². The molecule has 0 radical (unpaired) electrons. The number of carbonyl (C=O) groups excluding carboxylic acids is 2. The highest BCUT2D eigenvalue weighted by atomic mass is 35.6. The van der Waals surface area contributed by atoms with E-state index in [1.54, 1.807) is 0 Å². The monoisotopic (exact) mass is 497 g/mol. The molecule has 2 rings (SSSR count). The molecule has 2 aromatic carbocycles. The summed E-state index contributed by atoms with van der Waals surface area (Å²) in [6, 6.07) is 7.44. The summed E-state index contributed by atoms with van der Waals surface area (Å²) in [5.74, 6) is -0.480. The van der Waals surface area contributed by atoms with Gasteiger partial charge in [0.1, 0.15) is 0 Å². The number of urea groups is 1. The number of benzene rings is 2. The van der Waals surface area contributed by atoms with Gasteiger partial charge in [-0.05, 0) is 30.3 Å². The van der Waals surface area contributed by atoms with E-state index >= 15 is 0 Å². The molecule has 1 atom stereocenters. The van der Waals surface area contributed by atoms with Gasteiger partial charge in [0.2, 0.25) is 3.79 Å². The standard InChI is InChI=1S/C17H12Cl5N3O4/c18-12-6-3-10(7-13(12)19)23-16(27)24-15(17(20,21)22)8-14(26)9-1-4-11(5-2-9)25(28)29/h1-7,15H,8H2,(H2,23,24,27)/t15-/m0/s1. The Hall–Kier alpha value is -1.77. The van der Waals surface area contributed by atoms with Crippen LogP contribution in [-0.4, -0.2) is 26.6 Å². The third-order valence-electron chi connectivity index (χ3n) is 3.67. The maximum atomic E-state index is 12.5. The fourth-order valence-corrected chi connectivity index (χ4v) is 2.91. The number of hydrogen-bond acceptors (Lipinski definition) is 4. The minimum absolute atomic E-state index is 0.168. The number of nitrogens with zero attached hydrogens (tertiary/aromatic N) is 1. The summed E-state index contributed by atoms with van der Waals surface area (Å²) in [6.45, 7) is 0. The second-order valence-electron chi connectivity index (χ2n) is 5.75. The molecule has 0 fully saturated rings. The summed E-state index contributed by atoms with van der Waals surface area (Å²) in [4.78, 5) is 34.8. The zero-order valence-electron chi connectivity index (χ0n) is 14.3. The van der Waals surface area contributed by atoms with Gasteiger partial charge in [0.15, 0.2) is 5.78 Å². The van der Waals surface area contributed by atoms with Crippen LogP contribution in [0.2, 0.25) is 10.0 Å². The molecule has 0 saturated heterocycles. The van der Waals surface area contributed by atoms with E-state index in [0.29, 0.717) is 10.7 Å². The smallest absolute Gasteiger partial charge is 0.319 e. The van der Waals surface area contributed by atoms with Gasteiger partial charge < -0.3 is 10.6 Å². The number of hydrogen-bond donors (Lipinski definition) is 2. The Morgan fingerprint density at radius 1 is 1.03 bits per heavy atom. The van der Waals surface area contributed by atoms with Gasteiger partial charge in [0.05, 0.1) is 21.0 Å². The Morgan fingerprint density at radius 3 is 2.17 bits per heavy atom. The molecular formula is C17H12Cl5N3O4. The first kappa shape index (κ1) is 23.5. The minimum Gasteiger partial charge on any atom is -0.330 e. The lowest BCUT2D eigenvalue weighted by molar-refractivity contribution is -0.384. The van der Waals surface area contributed by atoms with Gasteiger partial charge in [0.25, 0.3) is 5.69 Å². The van der Waals surface area contributed by atoms with E-state index in [1.165, 1.54) is 42.5 Å². The summed E-state index contributed by atoms with van der Waals surface area (Å²) in [7, 11) is 0. The number of nitro benzene ring substituents is 1. The van der Waals surface area contributed by atoms with Crippen molar-refractivity contribution in [3.05, 3.63) is 68.2 Å². The van der Waals surface area contributed by atoms with Crippen molar-refractivity contribution in [2.75, 3.05) is 5.32 Å². The predicted molar refractivity (Wildman–Crippen MR) is 115 cm³/mol. The Balaban J connectivity index is 2.08. The van der Waals surface area contributed by atoms with E-state index < -0.39 is 26.6 Å². The van der Waals surface area contributed by atoms with Gasteiger partial charge in [0, 0.05) is 29.8 Å². The van der Waals surface area contributed by atoms with Gasteiger partial charge >= 0.3 is 6.03 Å². The Morgan fingerprint density at radius 2 is 1.66 bits per heavy atom. The highest BCUT2D eigenvalue weighted by Gasteiger charge is 2.35. The van der Waals surface area contributed by atoms with E-state index in [-0.39, 0.29) is 22.7 Å². The second-order valence-corrected chi connectivity index (χ2v) is 8.94. The lowest BCUT2D eigenvalue weighted by atomic mass is 10.0. The number of amides is 2. The Labute approximate surface area is 190 Å². The number of nitrogens with one attached hydrogen (secondary N) is 2. The van der Waals surface area contributed by atoms with E-state index in [0.717, 1.165) is 0 Å². The van der Waals surface area contributed by atoms with Gasteiger partial charge in [-0.3, -0.25) is 14.9 Å². The number of non-ortho nitro benzene ring substituents is 1. The van der Waals surface area contributed by atoms with Crippen molar-refractivity contribution in [1.29, 1.82) is 0 Å². The molecule has 0 aliphatic rings. The van der Waals surface area contributed by atoms with Crippen LogP contribution in [0.5, 0.6) is 0 Å². The first-order valence-electron chi connectivity index (χ1n) is 7.84. The molecule has 0 aliphatic carbocycles. The molecule has 2 N–H and O–H groups in total. The SMILES string of the molecule is O=C(Nc1ccc(Cl)c(Cl)c1)N[C@@H](CC(=O)c1ccc([N+](=O)[O-])cc1)C(Cl)(Cl)Cl. The maximum absolute atomic E-state index is 12.5. The molecule has 0 bridgehead atoms. The molecule has 0 heterocycles. The Kier molecular flexibility index (Phi) is 7.96. The first-order valence-corrected chi connectivity index (χ1v) is 9.73. The number of ketones is 1. The van der Waals surface area contributed by atoms with Crippen LogP contribution in [0.3, 0.4) is 0 Å². The summed E-state index contributed by atoms with van der Waals surface area (Å²) < 4.78 is -1.99. The van der Waals surface area contributed by atoms with Crippen LogP contribution in [0, 0.1) is 10.1 Å². The summed E-state index contributed by atoms with van der Waals surface area (Å²) in [6.07, 6.45) is -0.358. The number of nitro groups is 1. The highest BCUT2D eigenvalue weighted by Crippen LogP contribution is 2.33. The van der Waals surface area contributed by atoms with Crippen molar-refractivity contribution < 1.29 is 14.5 Å². The largest absolute Gasteiger partial charge is 0.330 e. The van der Waals surface area contributed by atoms with E-state index in [2.05, 4.69) is 10.6 Å². The van der Waals surface area contributed by atoms with Crippen LogP contribution in [0.1, 0.15) is 16.8 Å². The molecule has 7 nitrogen and oxygen atoms in total. The van der Waals surface area contributed by atoms with Gasteiger partial charge in [-0.25, -0.2) is 4.79 Å². The Bertz CT molecular complexity index is 932. The molecule has 154 valence electrons. The second kappa shape index (κ2) is 9.82. The molecule has 29 heavy (non-hydrogen) atoms. The van der Waals surface area contributed by atoms with Crippen molar-refractivity contribution >= 4 is 81.2 Å². The van der Waals surface area contributed by atoms with Crippen LogP contribution in [-0.2, 0) is 0 Å². The molecule has 12 heteroatoms.